The number of carboxylic acids is 1. The number of ether oxygens (including phenoxy) is 1. The molecular formula is C25H44O3. The van der Waals surface area contributed by atoms with Crippen LogP contribution in [-0.4, -0.2) is 25.3 Å². The molecular weight excluding hydrogens is 348 g/mol. The smallest absolute Gasteiger partial charge is 0.303 e. The van der Waals surface area contributed by atoms with E-state index in [0.29, 0.717) is 6.42 Å². The molecule has 0 spiro atoms. The van der Waals surface area contributed by atoms with Crippen molar-refractivity contribution < 1.29 is 14.6 Å². The standard InChI is InChI=1S/C23H38O2.C2H6O/c1-2-3-4-5-6-7-8-9-10-11-12-13-14-15-16-17-18-19-20-21-22-23(24)25;1-3-2/h2-10,15-22H2,1H3,(H,24,25);1-2H3. The zero-order valence-electron chi connectivity index (χ0n) is 18.8. The molecule has 0 heterocycles. The van der Waals surface area contributed by atoms with E-state index >= 15 is 0 Å². The van der Waals surface area contributed by atoms with Crippen LogP contribution in [0.3, 0.4) is 0 Å². The Morgan fingerprint density at radius 1 is 0.679 bits per heavy atom. The van der Waals surface area contributed by atoms with Gasteiger partial charge in [0.2, 0.25) is 0 Å². The Morgan fingerprint density at radius 3 is 1.43 bits per heavy atom. The van der Waals surface area contributed by atoms with Gasteiger partial charge < -0.3 is 9.84 Å². The van der Waals surface area contributed by atoms with Gasteiger partial charge in [-0.3, -0.25) is 4.79 Å². The fourth-order valence-electron chi connectivity index (χ4n) is 2.76. The van der Waals surface area contributed by atoms with Gasteiger partial charge in [0.15, 0.2) is 0 Å². The Bertz CT molecular complexity index is 434. The summed E-state index contributed by atoms with van der Waals surface area (Å²) in [5.74, 6) is 11.5. The van der Waals surface area contributed by atoms with Gasteiger partial charge in [-0.1, -0.05) is 89.4 Å². The number of carbonyl (C=O) groups is 1. The number of hydrogen-bond donors (Lipinski definition) is 1. The van der Waals surface area contributed by atoms with Gasteiger partial charge in [0.25, 0.3) is 0 Å². The van der Waals surface area contributed by atoms with Crippen LogP contribution in [0.25, 0.3) is 0 Å². The van der Waals surface area contributed by atoms with E-state index in [-0.39, 0.29) is 0 Å². The first-order chi connectivity index (χ1) is 13.7. The molecule has 0 aliphatic heterocycles. The van der Waals surface area contributed by atoms with Crippen LogP contribution in [0.5, 0.6) is 0 Å². The minimum absolute atomic E-state index is 0.309. The normalized spacial score (nSPS) is 9.39. The number of rotatable bonds is 16. The molecule has 0 saturated carbocycles. The fraction of sp³-hybridized carbons (Fsp3) is 0.800. The summed E-state index contributed by atoms with van der Waals surface area (Å²) in [7, 11) is 3.25. The molecule has 0 fully saturated rings. The molecule has 0 aliphatic rings. The van der Waals surface area contributed by atoms with Gasteiger partial charge in [0.1, 0.15) is 0 Å². The summed E-state index contributed by atoms with van der Waals surface area (Å²) in [6.07, 6.45) is 19.5. The third-order valence-electron chi connectivity index (χ3n) is 4.34. The quantitative estimate of drug-likeness (QED) is 0.227. The van der Waals surface area contributed by atoms with Crippen LogP contribution in [0.2, 0.25) is 0 Å². The van der Waals surface area contributed by atoms with Crippen molar-refractivity contribution in [2.24, 2.45) is 0 Å². The van der Waals surface area contributed by atoms with Crippen molar-refractivity contribution in [1.29, 1.82) is 0 Å². The van der Waals surface area contributed by atoms with Gasteiger partial charge in [-0.2, -0.15) is 0 Å². The van der Waals surface area contributed by atoms with Crippen molar-refractivity contribution in [3.8, 4) is 23.7 Å². The summed E-state index contributed by atoms with van der Waals surface area (Å²) in [6.45, 7) is 2.26. The van der Waals surface area contributed by atoms with E-state index < -0.39 is 5.97 Å². The van der Waals surface area contributed by atoms with Crippen LogP contribution < -0.4 is 0 Å². The third-order valence-corrected chi connectivity index (χ3v) is 4.34. The van der Waals surface area contributed by atoms with Crippen molar-refractivity contribution in [2.45, 2.75) is 116 Å². The van der Waals surface area contributed by atoms with Crippen LogP contribution in [0, 0.1) is 23.7 Å². The van der Waals surface area contributed by atoms with Gasteiger partial charge in [-0.05, 0) is 31.1 Å². The van der Waals surface area contributed by atoms with Gasteiger partial charge in [0.05, 0.1) is 0 Å². The molecule has 1 N–H and O–H groups in total. The molecule has 0 amide bonds. The van der Waals surface area contributed by atoms with Crippen molar-refractivity contribution in [3.05, 3.63) is 0 Å². The summed E-state index contributed by atoms with van der Waals surface area (Å²) < 4.78 is 4.25. The largest absolute Gasteiger partial charge is 0.481 e. The van der Waals surface area contributed by atoms with Crippen LogP contribution in [0.4, 0.5) is 0 Å². The van der Waals surface area contributed by atoms with E-state index in [2.05, 4.69) is 35.3 Å². The summed E-state index contributed by atoms with van der Waals surface area (Å²) in [5.41, 5.74) is 0. The maximum Gasteiger partial charge on any atom is 0.303 e. The molecule has 0 aromatic rings. The molecule has 0 aromatic carbocycles. The Labute approximate surface area is 175 Å². The number of methoxy groups -OCH3 is 1. The highest BCUT2D eigenvalue weighted by molar-refractivity contribution is 5.66. The van der Waals surface area contributed by atoms with Gasteiger partial charge >= 0.3 is 5.97 Å². The van der Waals surface area contributed by atoms with Gasteiger partial charge in [-0.15, -0.1) is 0 Å². The zero-order valence-corrected chi connectivity index (χ0v) is 18.8. The predicted molar refractivity (Wildman–Crippen MR) is 120 cm³/mol. The second-order valence-corrected chi connectivity index (χ2v) is 7.25. The molecule has 0 unspecified atom stereocenters. The molecule has 0 aromatic heterocycles. The Hall–Kier alpha value is -1.45. The lowest BCUT2D eigenvalue weighted by atomic mass is 10.1. The van der Waals surface area contributed by atoms with E-state index in [9.17, 15) is 4.79 Å². The minimum atomic E-state index is -0.682. The number of hydrogen-bond acceptors (Lipinski definition) is 2. The molecule has 3 heteroatoms. The highest BCUT2D eigenvalue weighted by Crippen LogP contribution is 2.09. The molecule has 0 radical (unpaired) electrons. The maximum atomic E-state index is 10.4. The third kappa shape index (κ3) is 32.2. The summed E-state index contributed by atoms with van der Waals surface area (Å²) in [4.78, 5) is 10.4. The van der Waals surface area contributed by atoms with E-state index in [1.807, 2.05) is 0 Å². The molecule has 0 aliphatic carbocycles. The molecule has 0 rings (SSSR count). The molecule has 28 heavy (non-hydrogen) atoms. The fourth-order valence-corrected chi connectivity index (χ4v) is 2.76. The van der Waals surface area contributed by atoms with Crippen LogP contribution >= 0.6 is 0 Å². The average Bonchev–Trinajstić information content (AvgIpc) is 2.67. The van der Waals surface area contributed by atoms with Crippen molar-refractivity contribution in [1.82, 2.24) is 0 Å². The van der Waals surface area contributed by atoms with E-state index in [0.717, 1.165) is 38.5 Å². The summed E-state index contributed by atoms with van der Waals surface area (Å²) in [5, 5.41) is 8.54. The van der Waals surface area contributed by atoms with Crippen LogP contribution in [0.15, 0.2) is 0 Å². The average molecular weight is 393 g/mol. The highest BCUT2D eigenvalue weighted by Gasteiger charge is 1.96. The molecule has 0 atom stereocenters. The van der Waals surface area contributed by atoms with Gasteiger partial charge in [-0.25, -0.2) is 0 Å². The topological polar surface area (TPSA) is 46.5 Å². The minimum Gasteiger partial charge on any atom is -0.481 e. The van der Waals surface area contributed by atoms with E-state index in [1.165, 1.54) is 64.2 Å². The number of unbranched alkanes of at least 4 members (excludes halogenated alkanes) is 14. The first-order valence-electron chi connectivity index (χ1n) is 11.3. The second-order valence-electron chi connectivity index (χ2n) is 7.25. The number of carboxylic acid groups (broad SMARTS) is 1. The monoisotopic (exact) mass is 392 g/mol. The lowest BCUT2D eigenvalue weighted by Gasteiger charge is -1.98. The predicted octanol–water partition coefficient (Wildman–Crippen LogP) is 6.99. The lowest BCUT2D eigenvalue weighted by Crippen LogP contribution is -1.93. The first kappa shape index (κ1) is 28.8. The van der Waals surface area contributed by atoms with Gasteiger partial charge in [0, 0.05) is 33.5 Å². The Morgan fingerprint density at radius 2 is 1.04 bits per heavy atom. The van der Waals surface area contributed by atoms with Crippen molar-refractivity contribution in [3.63, 3.8) is 0 Å². The highest BCUT2D eigenvalue weighted by atomic mass is 16.4. The second kappa shape index (κ2) is 27.8. The Balaban J connectivity index is 0. The van der Waals surface area contributed by atoms with Crippen LogP contribution in [0.1, 0.15) is 116 Å². The molecule has 162 valence electrons. The van der Waals surface area contributed by atoms with Crippen molar-refractivity contribution in [2.75, 3.05) is 14.2 Å². The molecule has 0 bridgehead atoms. The summed E-state index contributed by atoms with van der Waals surface area (Å²) >= 11 is 0. The van der Waals surface area contributed by atoms with E-state index in [4.69, 9.17) is 5.11 Å². The Kier molecular flexibility index (Phi) is 28.5. The SMILES string of the molecule is CCCCCCCCCCC#CC#CCCCCCCCCC(=O)O.COC. The van der Waals surface area contributed by atoms with E-state index in [1.54, 1.807) is 14.2 Å². The molecule has 3 nitrogen and oxygen atoms in total. The molecule has 0 saturated heterocycles. The summed E-state index contributed by atoms with van der Waals surface area (Å²) in [6, 6.07) is 0. The maximum absolute atomic E-state index is 10.4. The first-order valence-corrected chi connectivity index (χ1v) is 11.3. The van der Waals surface area contributed by atoms with Crippen LogP contribution in [-0.2, 0) is 9.53 Å². The lowest BCUT2D eigenvalue weighted by molar-refractivity contribution is -0.137. The van der Waals surface area contributed by atoms with Crippen molar-refractivity contribution >= 4 is 5.97 Å². The number of aliphatic carboxylic acids is 1. The zero-order chi connectivity index (χ0) is 21.1.